The lowest BCUT2D eigenvalue weighted by Gasteiger charge is -2.07. The van der Waals surface area contributed by atoms with Crippen LogP contribution in [0.15, 0.2) is 92.9 Å². The van der Waals surface area contributed by atoms with Gasteiger partial charge in [-0.05, 0) is 35.9 Å². The van der Waals surface area contributed by atoms with Gasteiger partial charge in [-0.1, -0.05) is 60.1 Å². The third-order valence-corrected chi connectivity index (χ3v) is 6.50. The van der Waals surface area contributed by atoms with Crippen LogP contribution in [0.5, 0.6) is 0 Å². The zero-order chi connectivity index (χ0) is 21.6. The fourth-order valence-electron chi connectivity index (χ4n) is 4.88. The zero-order valence-corrected chi connectivity index (χ0v) is 17.3. The van der Waals surface area contributed by atoms with Crippen LogP contribution >= 0.6 is 11.6 Å². The van der Waals surface area contributed by atoms with E-state index in [-0.39, 0.29) is 5.56 Å². The van der Waals surface area contributed by atoms with Gasteiger partial charge in [0.15, 0.2) is 0 Å². The number of aromatic nitrogens is 2. The summed E-state index contributed by atoms with van der Waals surface area (Å²) in [7, 11) is 0. The summed E-state index contributed by atoms with van der Waals surface area (Å²) >= 11 is 6.34. The number of hydrogen-bond donors (Lipinski definition) is 0. The van der Waals surface area contributed by atoms with Crippen molar-refractivity contribution in [1.29, 1.82) is 0 Å². The Morgan fingerprint density at radius 3 is 2.25 bits per heavy atom. The molecule has 3 heterocycles. The van der Waals surface area contributed by atoms with E-state index < -0.39 is 5.56 Å². The minimum atomic E-state index is -0.412. The Labute approximate surface area is 184 Å². The Kier molecular flexibility index (Phi) is 3.29. The Balaban J connectivity index is 1.75. The van der Waals surface area contributed by atoms with E-state index in [0.717, 1.165) is 33.1 Å². The molecule has 0 unspecified atom stereocenters. The highest BCUT2D eigenvalue weighted by Gasteiger charge is 2.22. The number of para-hydroxylation sites is 2. The number of furan rings is 1. The standard InChI is InChI=1S/C26H13ClN2O3/c27-18-10-5-11-19-23(18)26(31)29-25(30)17-9-3-8-15(24(17)28(19)29)14-7-4-13-21-22(14)16-6-1-2-12-20(16)32-21/h1-13H. The van der Waals surface area contributed by atoms with E-state index >= 15 is 0 Å². The highest BCUT2D eigenvalue weighted by molar-refractivity contribution is 6.35. The first-order valence-corrected chi connectivity index (χ1v) is 10.5. The monoisotopic (exact) mass is 436 g/mol. The van der Waals surface area contributed by atoms with Crippen LogP contribution in [0.3, 0.4) is 0 Å². The van der Waals surface area contributed by atoms with Gasteiger partial charge in [0.25, 0.3) is 11.1 Å². The highest BCUT2D eigenvalue weighted by atomic mass is 35.5. The number of hydrogen-bond acceptors (Lipinski definition) is 3. The number of fused-ring (bicyclic) bond motifs is 8. The molecule has 152 valence electrons. The molecule has 0 aliphatic rings. The Hall–Kier alpha value is -4.09. The second-order valence-corrected chi connectivity index (χ2v) is 8.25. The third kappa shape index (κ3) is 2.03. The van der Waals surface area contributed by atoms with E-state index in [1.165, 1.54) is 4.52 Å². The summed E-state index contributed by atoms with van der Waals surface area (Å²) in [5.41, 5.74) is 3.85. The van der Waals surface area contributed by atoms with Crippen molar-refractivity contribution in [3.63, 3.8) is 0 Å². The summed E-state index contributed by atoms with van der Waals surface area (Å²) in [4.78, 5) is 26.4. The predicted molar refractivity (Wildman–Crippen MR) is 127 cm³/mol. The molecule has 0 fully saturated rings. The van der Waals surface area contributed by atoms with Crippen LogP contribution in [0.2, 0.25) is 5.02 Å². The van der Waals surface area contributed by atoms with E-state index in [2.05, 4.69) is 0 Å². The van der Waals surface area contributed by atoms with Gasteiger partial charge in [-0.3, -0.25) is 9.59 Å². The van der Waals surface area contributed by atoms with Crippen molar-refractivity contribution in [1.82, 2.24) is 9.03 Å². The molecule has 0 saturated heterocycles. The average Bonchev–Trinajstić information content (AvgIpc) is 3.43. The second-order valence-electron chi connectivity index (χ2n) is 7.85. The zero-order valence-electron chi connectivity index (χ0n) is 16.5. The predicted octanol–water partition coefficient (Wildman–Crippen LogP) is 5.72. The van der Waals surface area contributed by atoms with Crippen LogP contribution in [0.25, 0.3) is 54.9 Å². The van der Waals surface area contributed by atoms with Gasteiger partial charge in [0.05, 0.1) is 26.8 Å². The molecule has 0 saturated carbocycles. The van der Waals surface area contributed by atoms with Crippen LogP contribution in [-0.4, -0.2) is 9.03 Å². The molecule has 0 bridgehead atoms. The number of halogens is 1. The van der Waals surface area contributed by atoms with Crippen LogP contribution in [0.1, 0.15) is 0 Å². The average molecular weight is 437 g/mol. The third-order valence-electron chi connectivity index (χ3n) is 6.19. The summed E-state index contributed by atoms with van der Waals surface area (Å²) in [6, 6.07) is 24.6. The van der Waals surface area contributed by atoms with Crippen molar-refractivity contribution in [2.75, 3.05) is 0 Å². The molecule has 7 rings (SSSR count). The summed E-state index contributed by atoms with van der Waals surface area (Å²) in [5, 5.41) is 3.12. The van der Waals surface area contributed by atoms with Gasteiger partial charge in [0, 0.05) is 16.3 Å². The minimum Gasteiger partial charge on any atom is -0.456 e. The maximum Gasteiger partial charge on any atom is 0.283 e. The van der Waals surface area contributed by atoms with Gasteiger partial charge in [-0.25, -0.2) is 4.52 Å². The number of benzene rings is 4. The molecule has 0 aliphatic carbocycles. The van der Waals surface area contributed by atoms with Crippen molar-refractivity contribution in [3.8, 4) is 11.1 Å². The van der Waals surface area contributed by atoms with Crippen molar-refractivity contribution in [3.05, 3.63) is 105 Å². The normalized spacial score (nSPS) is 12.2. The molecule has 0 atom stereocenters. The van der Waals surface area contributed by atoms with Crippen LogP contribution < -0.4 is 11.1 Å². The Morgan fingerprint density at radius 2 is 1.34 bits per heavy atom. The molecular formula is C26H13ClN2O3. The van der Waals surface area contributed by atoms with Crippen molar-refractivity contribution in [2.45, 2.75) is 0 Å². The molecule has 3 aromatic heterocycles. The summed E-state index contributed by atoms with van der Waals surface area (Å²) < 4.78 is 8.94. The first-order valence-electron chi connectivity index (χ1n) is 10.2. The highest BCUT2D eigenvalue weighted by Crippen LogP contribution is 2.39. The van der Waals surface area contributed by atoms with E-state index in [9.17, 15) is 9.59 Å². The van der Waals surface area contributed by atoms with E-state index in [0.29, 0.717) is 26.8 Å². The minimum absolute atomic E-state index is 0.330. The fourth-order valence-corrected chi connectivity index (χ4v) is 5.13. The van der Waals surface area contributed by atoms with Crippen LogP contribution in [-0.2, 0) is 0 Å². The van der Waals surface area contributed by atoms with Crippen molar-refractivity contribution < 1.29 is 4.42 Å². The SMILES string of the molecule is O=c1c2cccc(-c3cccc4oc5ccccc5c34)c2n2c3cccc(Cl)c3c(=O)n12. The van der Waals surface area contributed by atoms with Gasteiger partial charge < -0.3 is 4.42 Å². The summed E-state index contributed by atoms with van der Waals surface area (Å²) in [5.74, 6) is 0. The van der Waals surface area contributed by atoms with Crippen LogP contribution in [0.4, 0.5) is 0 Å². The molecule has 0 N–H and O–H groups in total. The molecular weight excluding hydrogens is 424 g/mol. The van der Waals surface area contributed by atoms with Gasteiger partial charge in [-0.2, -0.15) is 4.52 Å². The lowest BCUT2D eigenvalue weighted by Crippen LogP contribution is -2.21. The van der Waals surface area contributed by atoms with Gasteiger partial charge in [0.2, 0.25) is 0 Å². The maximum absolute atomic E-state index is 13.3. The smallest absolute Gasteiger partial charge is 0.283 e. The Bertz CT molecular complexity index is 2000. The maximum atomic E-state index is 13.3. The number of nitrogens with zero attached hydrogens (tertiary/aromatic N) is 2. The topological polar surface area (TPSA) is 56.1 Å². The lowest BCUT2D eigenvalue weighted by molar-refractivity contribution is 0.669. The molecule has 0 spiro atoms. The molecule has 0 amide bonds. The molecule has 4 aromatic carbocycles. The molecule has 5 nitrogen and oxygen atoms in total. The van der Waals surface area contributed by atoms with Gasteiger partial charge >= 0.3 is 0 Å². The lowest BCUT2D eigenvalue weighted by atomic mass is 9.97. The van der Waals surface area contributed by atoms with E-state index in [1.54, 1.807) is 22.7 Å². The molecule has 0 aliphatic heterocycles. The summed E-state index contributed by atoms with van der Waals surface area (Å²) in [6.45, 7) is 0. The first kappa shape index (κ1) is 17.6. The molecule has 32 heavy (non-hydrogen) atoms. The van der Waals surface area contributed by atoms with Gasteiger partial charge in [-0.15, -0.1) is 0 Å². The van der Waals surface area contributed by atoms with E-state index in [4.69, 9.17) is 16.0 Å². The number of rotatable bonds is 1. The van der Waals surface area contributed by atoms with Gasteiger partial charge in [0.1, 0.15) is 11.2 Å². The Morgan fingerprint density at radius 1 is 0.625 bits per heavy atom. The fraction of sp³-hybridized carbons (Fsp3) is 0. The summed E-state index contributed by atoms with van der Waals surface area (Å²) in [6.07, 6.45) is 0. The first-order chi connectivity index (χ1) is 15.6. The molecule has 0 radical (unpaired) electrons. The molecule has 6 heteroatoms. The second kappa shape index (κ2) is 5.99. The van der Waals surface area contributed by atoms with Crippen LogP contribution in [0, 0.1) is 0 Å². The molecule has 7 aromatic rings. The quantitative estimate of drug-likeness (QED) is 0.330. The largest absolute Gasteiger partial charge is 0.456 e. The van der Waals surface area contributed by atoms with Crippen molar-refractivity contribution >= 4 is 55.3 Å². The van der Waals surface area contributed by atoms with Crippen molar-refractivity contribution in [2.24, 2.45) is 0 Å². The van der Waals surface area contributed by atoms with E-state index in [1.807, 2.05) is 60.7 Å².